The summed E-state index contributed by atoms with van der Waals surface area (Å²) in [6.07, 6.45) is 0.688. The molecule has 0 radical (unpaired) electrons. The summed E-state index contributed by atoms with van der Waals surface area (Å²) >= 11 is 0. The molecule has 0 fully saturated rings. The number of carbonyl (C=O) groups is 1. The Hall–Kier alpha value is -3.52. The summed E-state index contributed by atoms with van der Waals surface area (Å²) in [5.74, 6) is 1.64. The molecule has 0 aliphatic carbocycles. The fourth-order valence-corrected chi connectivity index (χ4v) is 4.83. The van der Waals surface area contributed by atoms with E-state index in [9.17, 15) is 9.90 Å². The Kier molecular flexibility index (Phi) is 7.54. The van der Waals surface area contributed by atoms with Crippen molar-refractivity contribution >= 4 is 5.91 Å². The van der Waals surface area contributed by atoms with E-state index in [-0.39, 0.29) is 11.7 Å². The number of nitrogens with one attached hydrogen (secondary N) is 1. The van der Waals surface area contributed by atoms with Crippen LogP contribution in [0.1, 0.15) is 59.1 Å². The van der Waals surface area contributed by atoms with Crippen LogP contribution in [0.4, 0.5) is 0 Å². The van der Waals surface area contributed by atoms with Gasteiger partial charge in [0.25, 0.3) is 5.91 Å². The molecule has 2 N–H and O–H groups in total. The maximum atomic E-state index is 13.5. The second-order valence-electron chi connectivity index (χ2n) is 9.70. The molecule has 1 aliphatic heterocycles. The van der Waals surface area contributed by atoms with Crippen LogP contribution in [0.25, 0.3) is 11.3 Å². The monoisotopic (exact) mass is 493 g/mol. The molecule has 192 valence electrons. The number of phenolic OH excluding ortho intramolecular Hbond substituents is 1. The number of methoxy groups -OCH3 is 2. The van der Waals surface area contributed by atoms with Crippen molar-refractivity contribution < 1.29 is 24.1 Å². The number of aromatic amines is 1. The highest BCUT2D eigenvalue weighted by molar-refractivity contribution is 6.00. The zero-order valence-corrected chi connectivity index (χ0v) is 21.8. The van der Waals surface area contributed by atoms with E-state index in [1.165, 1.54) is 0 Å². The highest BCUT2D eigenvalue weighted by Crippen LogP contribution is 2.46. The van der Waals surface area contributed by atoms with Gasteiger partial charge in [0.05, 0.1) is 19.8 Å². The molecule has 0 saturated carbocycles. The first-order valence-corrected chi connectivity index (χ1v) is 12.3. The van der Waals surface area contributed by atoms with Gasteiger partial charge in [0, 0.05) is 31.4 Å². The molecule has 0 saturated heterocycles. The second-order valence-corrected chi connectivity index (χ2v) is 9.70. The molecule has 1 amide bonds. The molecule has 2 aromatic carbocycles. The van der Waals surface area contributed by atoms with Crippen molar-refractivity contribution in [3.63, 3.8) is 0 Å². The third kappa shape index (κ3) is 4.78. The average molecular weight is 494 g/mol. The van der Waals surface area contributed by atoms with Gasteiger partial charge in [-0.2, -0.15) is 5.10 Å². The van der Waals surface area contributed by atoms with Crippen LogP contribution in [-0.4, -0.2) is 60.1 Å². The van der Waals surface area contributed by atoms with Crippen LogP contribution in [0.3, 0.4) is 0 Å². The summed E-state index contributed by atoms with van der Waals surface area (Å²) in [6, 6.07) is 9.09. The molecule has 0 bridgehead atoms. The normalized spacial score (nSPS) is 15.0. The number of carbonyl (C=O) groups excluding carboxylic acids is 1. The van der Waals surface area contributed by atoms with E-state index in [0.717, 1.165) is 22.3 Å². The van der Waals surface area contributed by atoms with Gasteiger partial charge in [-0.1, -0.05) is 26.0 Å². The minimum Gasteiger partial charge on any atom is -0.507 e. The van der Waals surface area contributed by atoms with Gasteiger partial charge in [0.15, 0.2) is 11.5 Å². The number of rotatable bonds is 10. The molecule has 3 aromatic rings. The number of amides is 1. The summed E-state index contributed by atoms with van der Waals surface area (Å²) in [7, 11) is 3.26. The first-order chi connectivity index (χ1) is 17.3. The third-order valence-electron chi connectivity index (χ3n) is 6.38. The van der Waals surface area contributed by atoms with Gasteiger partial charge in [0.1, 0.15) is 17.1 Å². The van der Waals surface area contributed by atoms with Crippen LogP contribution >= 0.6 is 0 Å². The molecule has 8 nitrogen and oxygen atoms in total. The number of aromatic hydroxyl groups is 1. The second kappa shape index (κ2) is 10.6. The molecule has 4 rings (SSSR count). The number of fused-ring (bicyclic) bond motifs is 1. The lowest BCUT2D eigenvalue weighted by Gasteiger charge is -2.27. The van der Waals surface area contributed by atoms with E-state index in [1.807, 2.05) is 43.0 Å². The zero-order valence-electron chi connectivity index (χ0n) is 21.8. The fraction of sp³-hybridized carbons (Fsp3) is 0.429. The van der Waals surface area contributed by atoms with Crippen LogP contribution in [0.2, 0.25) is 0 Å². The Bertz CT molecular complexity index is 1230. The number of nitrogens with zero attached hydrogens (tertiary/aromatic N) is 2. The average Bonchev–Trinajstić information content (AvgIpc) is 3.36. The summed E-state index contributed by atoms with van der Waals surface area (Å²) in [5.41, 5.74) is 5.10. The van der Waals surface area contributed by atoms with Gasteiger partial charge in [-0.15, -0.1) is 0 Å². The van der Waals surface area contributed by atoms with Gasteiger partial charge >= 0.3 is 0 Å². The predicted octanol–water partition coefficient (Wildman–Crippen LogP) is 5.02. The number of aryl methyl sites for hydroxylation is 2. The Labute approximate surface area is 212 Å². The Morgan fingerprint density at radius 2 is 1.92 bits per heavy atom. The zero-order chi connectivity index (χ0) is 26.0. The molecule has 1 aliphatic rings. The van der Waals surface area contributed by atoms with Gasteiger partial charge in [-0.25, -0.2) is 0 Å². The molecule has 1 unspecified atom stereocenters. The molecule has 0 spiro atoms. The van der Waals surface area contributed by atoms with Crippen molar-refractivity contribution in [3.8, 4) is 28.5 Å². The Morgan fingerprint density at radius 1 is 1.14 bits per heavy atom. The van der Waals surface area contributed by atoms with Crippen LogP contribution < -0.4 is 9.47 Å². The van der Waals surface area contributed by atoms with E-state index in [4.69, 9.17) is 14.2 Å². The summed E-state index contributed by atoms with van der Waals surface area (Å²) < 4.78 is 16.9. The number of ether oxygens (including phenoxy) is 3. The van der Waals surface area contributed by atoms with Gasteiger partial charge in [-0.05, 0) is 61.1 Å². The Morgan fingerprint density at radius 3 is 2.58 bits per heavy atom. The van der Waals surface area contributed by atoms with Gasteiger partial charge < -0.3 is 24.2 Å². The summed E-state index contributed by atoms with van der Waals surface area (Å²) in [6.45, 7) is 9.67. The molecule has 1 atom stereocenters. The van der Waals surface area contributed by atoms with Crippen molar-refractivity contribution in [2.24, 2.45) is 5.92 Å². The first kappa shape index (κ1) is 25.6. The first-order valence-electron chi connectivity index (χ1n) is 12.3. The summed E-state index contributed by atoms with van der Waals surface area (Å²) in [4.78, 5) is 15.4. The van der Waals surface area contributed by atoms with Crippen LogP contribution in [-0.2, 0) is 4.74 Å². The molecule has 36 heavy (non-hydrogen) atoms. The maximum Gasteiger partial charge on any atom is 0.273 e. The standard InChI is InChI=1S/C28H35N3O5/c1-16(2)15-36-21-9-8-19(14-22(21)35-6)27-24-25(23-18(4)12-17(3)13-20(23)32)29-30-26(24)28(33)31(27)10-7-11-34-5/h8-9,12-14,16,27,32H,7,10-11,15H2,1-6H3,(H,29,30). The van der Waals surface area contributed by atoms with E-state index in [2.05, 4.69) is 24.0 Å². The number of hydrogen-bond donors (Lipinski definition) is 2. The van der Waals surface area contributed by atoms with E-state index in [1.54, 1.807) is 20.3 Å². The molecule has 8 heteroatoms. The largest absolute Gasteiger partial charge is 0.507 e. The van der Waals surface area contributed by atoms with Crippen molar-refractivity contribution in [1.82, 2.24) is 15.1 Å². The Balaban J connectivity index is 1.84. The topological polar surface area (TPSA) is 96.9 Å². The van der Waals surface area contributed by atoms with Crippen LogP contribution in [0.15, 0.2) is 30.3 Å². The number of aromatic nitrogens is 2. The van der Waals surface area contributed by atoms with Gasteiger partial charge in [-0.3, -0.25) is 9.89 Å². The van der Waals surface area contributed by atoms with Crippen LogP contribution in [0, 0.1) is 19.8 Å². The van der Waals surface area contributed by atoms with Gasteiger partial charge in [0.2, 0.25) is 0 Å². The number of hydrogen-bond acceptors (Lipinski definition) is 6. The lowest BCUT2D eigenvalue weighted by molar-refractivity contribution is 0.0723. The SMILES string of the molecule is COCCCN1C(=O)c2[nH]nc(-c3c(C)cc(C)cc3O)c2C1c1ccc(OCC(C)C)c(OC)c1. The minimum atomic E-state index is -0.411. The van der Waals surface area contributed by atoms with Crippen LogP contribution in [0.5, 0.6) is 17.2 Å². The van der Waals surface area contributed by atoms with Crippen molar-refractivity contribution in [3.05, 3.63) is 58.3 Å². The quantitative estimate of drug-likeness (QED) is 0.385. The lowest BCUT2D eigenvalue weighted by atomic mass is 9.93. The maximum absolute atomic E-state index is 13.5. The van der Waals surface area contributed by atoms with Crippen molar-refractivity contribution in [2.75, 3.05) is 34.0 Å². The highest BCUT2D eigenvalue weighted by Gasteiger charge is 2.42. The lowest BCUT2D eigenvalue weighted by Crippen LogP contribution is -2.31. The third-order valence-corrected chi connectivity index (χ3v) is 6.38. The van der Waals surface area contributed by atoms with Crippen molar-refractivity contribution in [2.45, 2.75) is 40.2 Å². The molecular weight excluding hydrogens is 458 g/mol. The number of phenols is 1. The molecule has 1 aromatic heterocycles. The highest BCUT2D eigenvalue weighted by atomic mass is 16.5. The number of H-pyrrole nitrogens is 1. The molecule has 2 heterocycles. The fourth-order valence-electron chi connectivity index (χ4n) is 4.83. The van der Waals surface area contributed by atoms with E-state index in [0.29, 0.717) is 60.5 Å². The predicted molar refractivity (Wildman–Crippen MR) is 138 cm³/mol. The van der Waals surface area contributed by atoms with E-state index >= 15 is 0 Å². The molecular formula is C28H35N3O5. The van der Waals surface area contributed by atoms with E-state index < -0.39 is 6.04 Å². The smallest absolute Gasteiger partial charge is 0.273 e. The van der Waals surface area contributed by atoms with Crippen molar-refractivity contribution in [1.29, 1.82) is 0 Å². The summed E-state index contributed by atoms with van der Waals surface area (Å²) in [5, 5.41) is 18.3. The minimum absolute atomic E-state index is 0.131. The number of benzene rings is 2.